The van der Waals surface area contributed by atoms with E-state index in [2.05, 4.69) is 32.2 Å². The maximum atomic E-state index is 5.52. The van der Waals surface area contributed by atoms with Crippen molar-refractivity contribution in [2.24, 2.45) is 5.92 Å². The smallest absolute Gasteiger partial charge is 0.161 e. The van der Waals surface area contributed by atoms with Crippen molar-refractivity contribution in [1.29, 1.82) is 0 Å². The predicted octanol–water partition coefficient (Wildman–Crippen LogP) is 4.06. The highest BCUT2D eigenvalue weighted by Crippen LogP contribution is 2.46. The van der Waals surface area contributed by atoms with Gasteiger partial charge in [0, 0.05) is 36.7 Å². The highest BCUT2D eigenvalue weighted by molar-refractivity contribution is 9.10. The second-order valence-corrected chi connectivity index (χ2v) is 7.00. The monoisotopic (exact) mass is 440 g/mol. The highest BCUT2D eigenvalue weighted by Gasteiger charge is 2.35. The van der Waals surface area contributed by atoms with Crippen LogP contribution in [0.5, 0.6) is 11.5 Å². The zero-order valence-corrected chi connectivity index (χ0v) is 17.4. The van der Waals surface area contributed by atoms with E-state index in [-0.39, 0.29) is 24.8 Å². The van der Waals surface area contributed by atoms with E-state index in [0.29, 0.717) is 6.04 Å². The summed E-state index contributed by atoms with van der Waals surface area (Å²) < 4.78 is 12.1. The third kappa shape index (κ3) is 4.50. The van der Waals surface area contributed by atoms with Crippen LogP contribution in [-0.4, -0.2) is 45.3 Å². The van der Waals surface area contributed by atoms with E-state index in [9.17, 15) is 0 Å². The standard InChI is InChI=1S/C17H25BrN2O2.2ClH/c1-21-15-10-13(14(18)11-16(15)22-2)17(12-4-3-5-12)20-8-6-19-7-9-20;;/h10-12,17,19H,3-9H2,1-2H3;2*1H/t17-;;/m1../s1. The molecule has 1 heterocycles. The van der Waals surface area contributed by atoms with Crippen molar-refractivity contribution in [3.63, 3.8) is 0 Å². The maximum absolute atomic E-state index is 5.52. The number of halogens is 3. The van der Waals surface area contributed by atoms with Crippen molar-refractivity contribution in [3.05, 3.63) is 22.2 Å². The minimum absolute atomic E-state index is 0. The molecular weight excluding hydrogens is 415 g/mol. The van der Waals surface area contributed by atoms with E-state index in [1.165, 1.54) is 24.8 Å². The molecule has 1 atom stereocenters. The van der Waals surface area contributed by atoms with Crippen LogP contribution in [0.4, 0.5) is 0 Å². The van der Waals surface area contributed by atoms with Gasteiger partial charge < -0.3 is 14.8 Å². The SMILES string of the molecule is COc1cc(Br)c([C@@H](C2CCC2)N2CCNCC2)cc1OC.Cl.Cl. The second kappa shape index (κ2) is 10.1. The minimum atomic E-state index is 0. The summed E-state index contributed by atoms with van der Waals surface area (Å²) in [5.74, 6) is 2.36. The van der Waals surface area contributed by atoms with Crippen molar-refractivity contribution in [3.8, 4) is 11.5 Å². The Morgan fingerprint density at radius 2 is 1.67 bits per heavy atom. The molecule has 24 heavy (non-hydrogen) atoms. The Labute approximate surface area is 165 Å². The van der Waals surface area contributed by atoms with Crippen LogP contribution in [0.15, 0.2) is 16.6 Å². The minimum Gasteiger partial charge on any atom is -0.493 e. The second-order valence-electron chi connectivity index (χ2n) is 6.15. The van der Waals surface area contributed by atoms with Crippen molar-refractivity contribution in [2.75, 3.05) is 40.4 Å². The number of rotatable bonds is 5. The predicted molar refractivity (Wildman–Crippen MR) is 106 cm³/mol. The van der Waals surface area contributed by atoms with E-state index < -0.39 is 0 Å². The Hall–Kier alpha value is -0.200. The summed E-state index contributed by atoms with van der Waals surface area (Å²) in [6, 6.07) is 4.68. The van der Waals surface area contributed by atoms with Crippen LogP contribution in [0.2, 0.25) is 0 Å². The lowest BCUT2D eigenvalue weighted by Gasteiger charge is -2.43. The first-order valence-corrected chi connectivity index (χ1v) is 8.90. The topological polar surface area (TPSA) is 33.7 Å². The number of ether oxygens (including phenoxy) is 2. The maximum Gasteiger partial charge on any atom is 0.161 e. The van der Waals surface area contributed by atoms with Gasteiger partial charge in [0.2, 0.25) is 0 Å². The van der Waals surface area contributed by atoms with Crippen LogP contribution in [0, 0.1) is 5.92 Å². The number of hydrogen-bond acceptors (Lipinski definition) is 4. The molecule has 0 spiro atoms. The van der Waals surface area contributed by atoms with Crippen LogP contribution < -0.4 is 14.8 Å². The van der Waals surface area contributed by atoms with Crippen LogP contribution in [0.1, 0.15) is 30.9 Å². The molecule has 0 radical (unpaired) electrons. The molecule has 0 aromatic heterocycles. The van der Waals surface area contributed by atoms with Gasteiger partial charge in [0.05, 0.1) is 14.2 Å². The number of methoxy groups -OCH3 is 2. The van der Waals surface area contributed by atoms with Crippen LogP contribution in [-0.2, 0) is 0 Å². The molecule has 0 amide bonds. The van der Waals surface area contributed by atoms with E-state index in [1.54, 1.807) is 14.2 Å². The molecule has 1 aromatic rings. The normalized spacial score (nSPS) is 19.5. The summed E-state index contributed by atoms with van der Waals surface area (Å²) in [4.78, 5) is 2.63. The molecule has 1 N–H and O–H groups in total. The van der Waals surface area contributed by atoms with Gasteiger partial charge in [-0.15, -0.1) is 24.8 Å². The van der Waals surface area contributed by atoms with Gasteiger partial charge in [-0.05, 0) is 36.5 Å². The lowest BCUT2D eigenvalue weighted by molar-refractivity contribution is 0.0830. The van der Waals surface area contributed by atoms with Gasteiger partial charge >= 0.3 is 0 Å². The first kappa shape index (κ1) is 21.8. The third-order valence-electron chi connectivity index (χ3n) is 4.96. The number of benzene rings is 1. The van der Waals surface area contributed by atoms with Crippen LogP contribution in [0.3, 0.4) is 0 Å². The molecule has 138 valence electrons. The fourth-order valence-corrected chi connectivity index (χ4v) is 4.12. The zero-order chi connectivity index (χ0) is 15.5. The van der Waals surface area contributed by atoms with Crippen molar-refractivity contribution in [2.45, 2.75) is 25.3 Å². The van der Waals surface area contributed by atoms with Gasteiger partial charge in [0.1, 0.15) is 0 Å². The quantitative estimate of drug-likeness (QED) is 0.746. The Balaban J connectivity index is 0.00000144. The van der Waals surface area contributed by atoms with Gasteiger partial charge in [0.15, 0.2) is 11.5 Å². The van der Waals surface area contributed by atoms with E-state index in [1.807, 2.05) is 6.07 Å². The van der Waals surface area contributed by atoms with Crippen LogP contribution in [0.25, 0.3) is 0 Å². The molecule has 1 aromatic carbocycles. The average Bonchev–Trinajstić information content (AvgIpc) is 2.51. The van der Waals surface area contributed by atoms with Crippen molar-refractivity contribution >= 4 is 40.7 Å². The Bertz CT molecular complexity index is 524. The molecule has 4 nitrogen and oxygen atoms in total. The van der Waals surface area contributed by atoms with Crippen LogP contribution >= 0.6 is 40.7 Å². The molecule has 1 aliphatic heterocycles. The molecule has 1 saturated heterocycles. The largest absolute Gasteiger partial charge is 0.493 e. The van der Waals surface area contributed by atoms with Crippen molar-refractivity contribution in [1.82, 2.24) is 10.2 Å². The third-order valence-corrected chi connectivity index (χ3v) is 5.65. The molecule has 3 rings (SSSR count). The zero-order valence-electron chi connectivity index (χ0n) is 14.2. The fourth-order valence-electron chi connectivity index (χ4n) is 3.56. The fraction of sp³-hybridized carbons (Fsp3) is 0.647. The average molecular weight is 442 g/mol. The van der Waals surface area contributed by atoms with Gasteiger partial charge in [-0.2, -0.15) is 0 Å². The molecule has 2 fully saturated rings. The number of piperazine rings is 1. The summed E-state index contributed by atoms with van der Waals surface area (Å²) in [5, 5.41) is 3.45. The van der Waals surface area contributed by atoms with E-state index in [4.69, 9.17) is 9.47 Å². The van der Waals surface area contributed by atoms with Crippen molar-refractivity contribution < 1.29 is 9.47 Å². The van der Waals surface area contributed by atoms with Gasteiger partial charge in [-0.1, -0.05) is 22.4 Å². The number of hydrogen-bond donors (Lipinski definition) is 1. The molecule has 0 bridgehead atoms. The lowest BCUT2D eigenvalue weighted by atomic mass is 9.76. The number of nitrogens with zero attached hydrogens (tertiary/aromatic N) is 1. The summed E-state index contributed by atoms with van der Waals surface area (Å²) >= 11 is 3.76. The first-order valence-electron chi connectivity index (χ1n) is 8.10. The molecule has 7 heteroatoms. The summed E-state index contributed by atoms with van der Waals surface area (Å²) in [6.07, 6.45) is 4.02. The highest BCUT2D eigenvalue weighted by atomic mass is 79.9. The van der Waals surface area contributed by atoms with Gasteiger partial charge in [0.25, 0.3) is 0 Å². The molecule has 2 aliphatic rings. The van der Waals surface area contributed by atoms with Gasteiger partial charge in [-0.25, -0.2) is 0 Å². The molecular formula is C17H27BrCl2N2O2. The Kier molecular flexibility index (Phi) is 9.17. The Morgan fingerprint density at radius 1 is 1.08 bits per heavy atom. The summed E-state index contributed by atoms with van der Waals surface area (Å²) in [7, 11) is 3.39. The first-order chi connectivity index (χ1) is 10.7. The van der Waals surface area contributed by atoms with Gasteiger partial charge in [-0.3, -0.25) is 4.90 Å². The molecule has 1 saturated carbocycles. The molecule has 1 aliphatic carbocycles. The molecule has 0 unspecified atom stereocenters. The Morgan fingerprint density at radius 3 is 2.17 bits per heavy atom. The number of nitrogens with one attached hydrogen (secondary N) is 1. The lowest BCUT2D eigenvalue weighted by Crippen LogP contribution is -2.47. The van der Waals surface area contributed by atoms with E-state index >= 15 is 0 Å². The summed E-state index contributed by atoms with van der Waals surface area (Å²) in [6.45, 7) is 4.38. The van der Waals surface area contributed by atoms with E-state index in [0.717, 1.165) is 48.1 Å². The summed E-state index contributed by atoms with van der Waals surface area (Å²) in [5.41, 5.74) is 1.34.